The number of aldehydes is 1. The van der Waals surface area contributed by atoms with E-state index in [-0.39, 0.29) is 12.1 Å². The number of benzene rings is 1. The van der Waals surface area contributed by atoms with E-state index in [2.05, 4.69) is 0 Å². The SMILES string of the molecule is CN1[C@H](C=O)[C@@H](c2ccccc2)OC1(C)C. The summed E-state index contributed by atoms with van der Waals surface area (Å²) in [6.45, 7) is 3.96. The second kappa shape index (κ2) is 4.00. The molecular weight excluding hydrogens is 202 g/mol. The Hall–Kier alpha value is -1.19. The van der Waals surface area contributed by atoms with Crippen LogP contribution in [0, 0.1) is 0 Å². The molecule has 1 saturated heterocycles. The maximum Gasteiger partial charge on any atom is 0.140 e. The Balaban J connectivity index is 2.33. The molecule has 0 amide bonds. The lowest BCUT2D eigenvalue weighted by Gasteiger charge is -2.27. The molecule has 1 aliphatic heterocycles. The Kier molecular flexibility index (Phi) is 2.82. The molecule has 16 heavy (non-hydrogen) atoms. The molecule has 1 heterocycles. The highest BCUT2D eigenvalue weighted by molar-refractivity contribution is 5.60. The summed E-state index contributed by atoms with van der Waals surface area (Å²) in [7, 11) is 1.92. The van der Waals surface area contributed by atoms with E-state index in [4.69, 9.17) is 4.74 Å². The van der Waals surface area contributed by atoms with Gasteiger partial charge in [0.1, 0.15) is 18.1 Å². The summed E-state index contributed by atoms with van der Waals surface area (Å²) in [5.41, 5.74) is 0.656. The highest BCUT2D eigenvalue weighted by Gasteiger charge is 2.45. The summed E-state index contributed by atoms with van der Waals surface area (Å²) in [6, 6.07) is 9.67. The van der Waals surface area contributed by atoms with Gasteiger partial charge in [0, 0.05) is 0 Å². The first-order valence-corrected chi connectivity index (χ1v) is 5.47. The largest absolute Gasteiger partial charge is 0.351 e. The van der Waals surface area contributed by atoms with Gasteiger partial charge in [0.15, 0.2) is 0 Å². The number of hydrogen-bond donors (Lipinski definition) is 0. The zero-order valence-electron chi connectivity index (χ0n) is 9.88. The lowest BCUT2D eigenvalue weighted by molar-refractivity contribution is -0.112. The van der Waals surface area contributed by atoms with Gasteiger partial charge < -0.3 is 9.53 Å². The zero-order valence-corrected chi connectivity index (χ0v) is 9.88. The van der Waals surface area contributed by atoms with Gasteiger partial charge in [-0.25, -0.2) is 0 Å². The number of likely N-dealkylation sites (N-methyl/N-ethyl adjacent to an activating group) is 1. The zero-order chi connectivity index (χ0) is 11.8. The average Bonchev–Trinajstić information content (AvgIpc) is 2.52. The van der Waals surface area contributed by atoms with E-state index >= 15 is 0 Å². The van der Waals surface area contributed by atoms with Crippen LogP contribution in [-0.4, -0.2) is 30.0 Å². The highest BCUT2D eigenvalue weighted by Crippen LogP contribution is 2.38. The number of nitrogens with zero attached hydrogens (tertiary/aromatic N) is 1. The topological polar surface area (TPSA) is 29.5 Å². The molecule has 1 fully saturated rings. The van der Waals surface area contributed by atoms with Crippen molar-refractivity contribution < 1.29 is 9.53 Å². The molecule has 2 atom stereocenters. The molecule has 2 rings (SSSR count). The smallest absolute Gasteiger partial charge is 0.140 e. The summed E-state index contributed by atoms with van der Waals surface area (Å²) in [6.07, 6.45) is 0.797. The molecule has 1 aliphatic rings. The number of carbonyl (C=O) groups is 1. The van der Waals surface area contributed by atoms with Gasteiger partial charge in [-0.3, -0.25) is 4.90 Å². The molecule has 0 N–H and O–H groups in total. The van der Waals surface area contributed by atoms with Crippen LogP contribution >= 0.6 is 0 Å². The maximum absolute atomic E-state index is 11.2. The minimum atomic E-state index is -0.397. The molecule has 0 bridgehead atoms. The van der Waals surface area contributed by atoms with Gasteiger partial charge in [-0.1, -0.05) is 30.3 Å². The minimum Gasteiger partial charge on any atom is -0.351 e. The summed E-state index contributed by atoms with van der Waals surface area (Å²) in [4.78, 5) is 13.1. The van der Waals surface area contributed by atoms with Crippen LogP contribution in [0.15, 0.2) is 30.3 Å². The van der Waals surface area contributed by atoms with Crippen LogP contribution in [0.5, 0.6) is 0 Å². The van der Waals surface area contributed by atoms with Gasteiger partial charge in [-0.2, -0.15) is 0 Å². The van der Waals surface area contributed by atoms with Gasteiger partial charge in [0.2, 0.25) is 0 Å². The first-order valence-electron chi connectivity index (χ1n) is 5.47. The van der Waals surface area contributed by atoms with Crippen molar-refractivity contribution in [3.8, 4) is 0 Å². The van der Waals surface area contributed by atoms with E-state index in [0.717, 1.165) is 11.8 Å². The Morgan fingerprint density at radius 3 is 2.50 bits per heavy atom. The Labute approximate surface area is 96.0 Å². The quantitative estimate of drug-likeness (QED) is 0.712. The van der Waals surface area contributed by atoms with Crippen LogP contribution in [0.2, 0.25) is 0 Å². The molecule has 1 aromatic carbocycles. The Morgan fingerprint density at radius 2 is 1.94 bits per heavy atom. The molecule has 0 spiro atoms. The Morgan fingerprint density at radius 1 is 1.31 bits per heavy atom. The lowest BCUT2D eigenvalue weighted by atomic mass is 10.0. The molecule has 0 radical (unpaired) electrons. The molecule has 0 saturated carbocycles. The predicted octanol–water partition coefficient (Wildman–Crippen LogP) is 1.99. The van der Waals surface area contributed by atoms with Gasteiger partial charge in [0.05, 0.1) is 6.04 Å². The van der Waals surface area contributed by atoms with Gasteiger partial charge in [0.25, 0.3) is 0 Å². The number of rotatable bonds is 2. The van der Waals surface area contributed by atoms with Crippen LogP contribution in [0.4, 0.5) is 0 Å². The van der Waals surface area contributed by atoms with Crippen molar-refractivity contribution in [2.45, 2.75) is 31.7 Å². The van der Waals surface area contributed by atoms with E-state index in [9.17, 15) is 4.79 Å². The fourth-order valence-electron chi connectivity index (χ4n) is 2.10. The van der Waals surface area contributed by atoms with Crippen LogP contribution in [0.3, 0.4) is 0 Å². The molecule has 3 heteroatoms. The first kappa shape index (κ1) is 11.3. The van der Waals surface area contributed by atoms with Crippen molar-refractivity contribution in [1.82, 2.24) is 4.90 Å². The third-order valence-electron chi connectivity index (χ3n) is 3.29. The molecule has 1 aromatic rings. The summed E-state index contributed by atoms with van der Waals surface area (Å²) >= 11 is 0. The van der Waals surface area contributed by atoms with Crippen LogP contribution in [0.1, 0.15) is 25.5 Å². The highest BCUT2D eigenvalue weighted by atomic mass is 16.5. The maximum atomic E-state index is 11.2. The van der Waals surface area contributed by atoms with E-state index in [1.807, 2.05) is 56.1 Å². The Bertz CT molecular complexity index is 375. The average molecular weight is 219 g/mol. The predicted molar refractivity (Wildman–Crippen MR) is 62.0 cm³/mol. The molecule has 0 unspecified atom stereocenters. The first-order chi connectivity index (χ1) is 7.56. The van der Waals surface area contributed by atoms with E-state index in [0.29, 0.717) is 0 Å². The molecular formula is C13H17NO2. The van der Waals surface area contributed by atoms with Crippen molar-refractivity contribution in [2.24, 2.45) is 0 Å². The summed E-state index contributed by atoms with van der Waals surface area (Å²) in [5.74, 6) is 0. The van der Waals surface area contributed by atoms with Gasteiger partial charge in [-0.15, -0.1) is 0 Å². The standard InChI is InChI=1S/C13H17NO2/c1-13(2)14(3)11(9-15)12(16-13)10-7-5-4-6-8-10/h4-9,11-12H,1-3H3/t11-,12-/m1/s1. The monoisotopic (exact) mass is 219 g/mol. The molecule has 0 aromatic heterocycles. The fraction of sp³-hybridized carbons (Fsp3) is 0.462. The lowest BCUT2D eigenvalue weighted by Crippen LogP contribution is -2.41. The van der Waals surface area contributed by atoms with E-state index in [1.54, 1.807) is 0 Å². The molecule has 0 aliphatic carbocycles. The third-order valence-corrected chi connectivity index (χ3v) is 3.29. The molecule has 86 valence electrons. The minimum absolute atomic E-state index is 0.168. The number of carbonyl (C=O) groups excluding carboxylic acids is 1. The van der Waals surface area contributed by atoms with E-state index < -0.39 is 5.72 Å². The fourth-order valence-corrected chi connectivity index (χ4v) is 2.10. The summed E-state index contributed by atoms with van der Waals surface area (Å²) < 4.78 is 5.95. The van der Waals surface area contributed by atoms with Gasteiger partial charge in [-0.05, 0) is 26.5 Å². The van der Waals surface area contributed by atoms with Crippen LogP contribution in [-0.2, 0) is 9.53 Å². The third kappa shape index (κ3) is 1.77. The van der Waals surface area contributed by atoms with Crippen LogP contribution in [0.25, 0.3) is 0 Å². The summed E-state index contributed by atoms with van der Waals surface area (Å²) in [5, 5.41) is 0. The van der Waals surface area contributed by atoms with Crippen molar-refractivity contribution >= 4 is 6.29 Å². The molecule has 3 nitrogen and oxygen atoms in total. The second-order valence-electron chi connectivity index (χ2n) is 4.63. The number of hydrogen-bond acceptors (Lipinski definition) is 3. The van der Waals surface area contributed by atoms with Gasteiger partial charge >= 0.3 is 0 Å². The van der Waals surface area contributed by atoms with E-state index in [1.165, 1.54) is 0 Å². The van der Waals surface area contributed by atoms with Crippen molar-refractivity contribution in [3.05, 3.63) is 35.9 Å². The van der Waals surface area contributed by atoms with Crippen molar-refractivity contribution in [2.75, 3.05) is 7.05 Å². The second-order valence-corrected chi connectivity index (χ2v) is 4.63. The normalized spacial score (nSPS) is 29.2. The van der Waals surface area contributed by atoms with Crippen LogP contribution < -0.4 is 0 Å². The van der Waals surface area contributed by atoms with Crippen molar-refractivity contribution in [1.29, 1.82) is 0 Å². The number of ether oxygens (including phenoxy) is 1. The van der Waals surface area contributed by atoms with Crippen molar-refractivity contribution in [3.63, 3.8) is 0 Å².